The van der Waals surface area contributed by atoms with Crippen LogP contribution in [0.5, 0.6) is 11.8 Å². The molecule has 8 rings (SSSR count). The van der Waals surface area contributed by atoms with Crippen LogP contribution in [0.3, 0.4) is 0 Å². The van der Waals surface area contributed by atoms with Crippen molar-refractivity contribution in [1.82, 2.24) is 25.2 Å². The number of piperazine rings is 1. The van der Waals surface area contributed by atoms with Crippen LogP contribution in [0.1, 0.15) is 48.2 Å². The summed E-state index contributed by atoms with van der Waals surface area (Å²) < 4.78 is 40.7. The van der Waals surface area contributed by atoms with E-state index in [4.69, 9.17) is 30.8 Å². The van der Waals surface area contributed by atoms with Crippen molar-refractivity contribution in [3.8, 4) is 24.1 Å². The predicted molar refractivity (Wildman–Crippen MR) is 167 cm³/mol. The van der Waals surface area contributed by atoms with Gasteiger partial charge in [0.2, 0.25) is 0 Å². The minimum absolute atomic E-state index is 0.150. The summed E-state index contributed by atoms with van der Waals surface area (Å²) in [5.74, 6) is 3.05. The second-order valence-electron chi connectivity index (χ2n) is 12.6. The van der Waals surface area contributed by atoms with Gasteiger partial charge in [-0.3, -0.25) is 9.69 Å². The number of terminal acetylenes is 1. The lowest BCUT2D eigenvalue weighted by molar-refractivity contribution is -0.120. The molecule has 4 aliphatic rings. The van der Waals surface area contributed by atoms with Crippen LogP contribution in [-0.2, 0) is 11.2 Å². The molecule has 0 radical (unpaired) electrons. The van der Waals surface area contributed by atoms with Crippen molar-refractivity contribution in [2.24, 2.45) is 0 Å². The van der Waals surface area contributed by atoms with Gasteiger partial charge < -0.3 is 19.7 Å². The van der Waals surface area contributed by atoms with Crippen LogP contribution >= 0.6 is 11.3 Å². The molecular weight excluding hydrogens is 598 g/mol. The van der Waals surface area contributed by atoms with Crippen LogP contribution in [0.4, 0.5) is 14.6 Å². The van der Waals surface area contributed by atoms with E-state index in [0.29, 0.717) is 77.0 Å². The Bertz CT molecular complexity index is 1850. The summed E-state index contributed by atoms with van der Waals surface area (Å²) in [6.45, 7) is 3.65. The molecule has 0 spiro atoms. The molecule has 4 aliphatic heterocycles. The molecule has 6 heterocycles. The van der Waals surface area contributed by atoms with Gasteiger partial charge in [-0.05, 0) is 61.4 Å². The van der Waals surface area contributed by atoms with Crippen molar-refractivity contribution in [3.63, 3.8) is 0 Å². The average Bonchev–Trinajstić information content (AvgIpc) is 3.77. The van der Waals surface area contributed by atoms with Gasteiger partial charge in [-0.15, -0.1) is 6.42 Å². The first-order valence-corrected chi connectivity index (χ1v) is 16.3. The number of anilines is 1. The van der Waals surface area contributed by atoms with E-state index in [9.17, 15) is 13.6 Å². The number of carbonyl (C=O) groups excluding carboxylic acids is 1. The van der Waals surface area contributed by atoms with Gasteiger partial charge in [0.25, 0.3) is 6.47 Å². The molecule has 232 valence electrons. The van der Waals surface area contributed by atoms with Crippen molar-refractivity contribution in [2.45, 2.75) is 62.3 Å². The standard InChI is InChI=1S/C33H32F2N6O3S/c1-2-25-26(35)7-4-19-10-24(44-18-42)11-20(28(19)25)12-27-37-29-30(40-15-22-5-6-23(16-40)36-22)38-32(39-31(29)45-27)43-17-33-8-3-9-41(33)14-21(34)13-33/h1,4,7,10-11,18,21-23,36H,3,5-6,8-9,12-17H2/t21-,22?,23?,33+/m1/s1. The van der Waals surface area contributed by atoms with Gasteiger partial charge in [-0.25, -0.2) is 13.8 Å². The summed E-state index contributed by atoms with van der Waals surface area (Å²) in [5.41, 5.74) is 1.20. The van der Waals surface area contributed by atoms with Gasteiger partial charge in [-0.1, -0.05) is 23.3 Å². The number of hydrogen-bond acceptors (Lipinski definition) is 10. The normalized spacial score (nSPS) is 26.0. The minimum Gasteiger partial charge on any atom is -0.461 e. The highest BCUT2D eigenvalue weighted by Crippen LogP contribution is 2.41. The molecule has 0 saturated carbocycles. The second kappa shape index (κ2) is 11.2. The molecular formula is C33H32F2N6O3S. The van der Waals surface area contributed by atoms with Gasteiger partial charge in [0.05, 0.1) is 11.1 Å². The van der Waals surface area contributed by atoms with E-state index in [1.165, 1.54) is 17.4 Å². The Morgan fingerprint density at radius 1 is 1.18 bits per heavy atom. The molecule has 9 nitrogen and oxygen atoms in total. The minimum atomic E-state index is -0.844. The maximum atomic E-state index is 14.8. The molecule has 4 fully saturated rings. The van der Waals surface area contributed by atoms with E-state index in [-0.39, 0.29) is 17.1 Å². The Kier molecular flexibility index (Phi) is 7.08. The topological polar surface area (TPSA) is 92.7 Å². The number of aromatic nitrogens is 3. The Hall–Kier alpha value is -3.92. The number of fused-ring (bicyclic) bond motifs is 5. The van der Waals surface area contributed by atoms with Crippen molar-refractivity contribution >= 4 is 44.7 Å². The Morgan fingerprint density at radius 3 is 2.82 bits per heavy atom. The largest absolute Gasteiger partial charge is 0.461 e. The monoisotopic (exact) mass is 630 g/mol. The molecule has 2 aromatic heterocycles. The van der Waals surface area contributed by atoms with Crippen molar-refractivity contribution < 1.29 is 23.0 Å². The lowest BCUT2D eigenvalue weighted by Gasteiger charge is -2.34. The van der Waals surface area contributed by atoms with Gasteiger partial charge in [0.1, 0.15) is 34.9 Å². The lowest BCUT2D eigenvalue weighted by atomic mass is 9.95. The molecule has 4 aromatic rings. The summed E-state index contributed by atoms with van der Waals surface area (Å²) in [4.78, 5) is 31.1. The first-order valence-electron chi connectivity index (χ1n) is 15.4. The molecule has 12 heteroatoms. The van der Waals surface area contributed by atoms with E-state index in [2.05, 4.69) is 21.0 Å². The highest BCUT2D eigenvalue weighted by Gasteiger charge is 2.49. The van der Waals surface area contributed by atoms with Gasteiger partial charge in [0.15, 0.2) is 10.6 Å². The summed E-state index contributed by atoms with van der Waals surface area (Å²) in [5, 5.41) is 5.63. The number of ether oxygens (including phenoxy) is 2. The molecule has 0 aliphatic carbocycles. The van der Waals surface area contributed by atoms with Gasteiger partial charge in [0, 0.05) is 49.9 Å². The zero-order valence-electron chi connectivity index (χ0n) is 24.6. The lowest BCUT2D eigenvalue weighted by Crippen LogP contribution is -2.51. The fourth-order valence-corrected chi connectivity index (χ4v) is 8.82. The highest BCUT2D eigenvalue weighted by molar-refractivity contribution is 7.18. The van der Waals surface area contributed by atoms with E-state index < -0.39 is 12.0 Å². The van der Waals surface area contributed by atoms with E-state index in [1.807, 2.05) is 0 Å². The van der Waals surface area contributed by atoms with Crippen LogP contribution in [0.15, 0.2) is 24.3 Å². The van der Waals surface area contributed by atoms with Crippen molar-refractivity contribution in [1.29, 1.82) is 0 Å². The fraction of sp³-hybridized carbons (Fsp3) is 0.455. The Labute approximate surface area is 262 Å². The van der Waals surface area contributed by atoms with Crippen molar-refractivity contribution in [3.05, 3.63) is 46.2 Å². The third kappa shape index (κ3) is 5.07. The highest BCUT2D eigenvalue weighted by atomic mass is 32.1. The first kappa shape index (κ1) is 28.5. The maximum absolute atomic E-state index is 14.8. The summed E-state index contributed by atoms with van der Waals surface area (Å²) >= 11 is 1.41. The third-order valence-electron chi connectivity index (χ3n) is 9.80. The number of halogens is 2. The summed E-state index contributed by atoms with van der Waals surface area (Å²) in [7, 11) is 0. The first-order chi connectivity index (χ1) is 21.9. The van der Waals surface area contributed by atoms with E-state index >= 15 is 0 Å². The smallest absolute Gasteiger partial charge is 0.319 e. The van der Waals surface area contributed by atoms with Crippen LogP contribution in [0.25, 0.3) is 21.1 Å². The van der Waals surface area contributed by atoms with Crippen LogP contribution < -0.4 is 19.7 Å². The SMILES string of the molecule is C#Cc1c(F)ccc2cc(OC=O)cc(Cc3nc4c(N5CC6CCC(C5)N6)nc(OC[C@@]56CCCN5C[C@H](F)C6)nc4s3)c12. The molecule has 45 heavy (non-hydrogen) atoms. The molecule has 4 atom stereocenters. The van der Waals surface area contributed by atoms with Crippen LogP contribution in [0.2, 0.25) is 0 Å². The Morgan fingerprint density at radius 2 is 2.02 bits per heavy atom. The van der Waals surface area contributed by atoms with Gasteiger partial charge >= 0.3 is 6.01 Å². The quantitative estimate of drug-likeness (QED) is 0.225. The predicted octanol–water partition coefficient (Wildman–Crippen LogP) is 4.38. The molecule has 2 aromatic carbocycles. The van der Waals surface area contributed by atoms with Crippen molar-refractivity contribution in [2.75, 3.05) is 37.7 Å². The number of thiazole rings is 1. The Balaban J connectivity index is 1.18. The molecule has 2 unspecified atom stereocenters. The number of nitrogens with zero attached hydrogens (tertiary/aromatic N) is 5. The summed E-state index contributed by atoms with van der Waals surface area (Å²) in [6, 6.07) is 7.33. The number of carbonyl (C=O) groups is 1. The molecule has 2 bridgehead atoms. The molecule has 4 saturated heterocycles. The number of alkyl halides is 1. The molecule has 1 N–H and O–H groups in total. The average molecular weight is 631 g/mol. The second-order valence-corrected chi connectivity index (χ2v) is 13.7. The van der Waals surface area contributed by atoms with Gasteiger partial charge in [-0.2, -0.15) is 9.97 Å². The number of benzene rings is 2. The third-order valence-corrected chi connectivity index (χ3v) is 10.8. The zero-order valence-corrected chi connectivity index (χ0v) is 25.4. The van der Waals surface area contributed by atoms with E-state index in [1.54, 1.807) is 18.2 Å². The number of hydrogen-bond donors (Lipinski definition) is 1. The maximum Gasteiger partial charge on any atom is 0.319 e. The fourth-order valence-electron chi connectivity index (χ4n) is 7.88. The molecule has 0 amide bonds. The summed E-state index contributed by atoms with van der Waals surface area (Å²) in [6.07, 6.45) is 9.83. The van der Waals surface area contributed by atoms with Crippen LogP contribution in [-0.4, -0.2) is 82.9 Å². The van der Waals surface area contributed by atoms with E-state index in [0.717, 1.165) is 56.1 Å². The number of nitrogens with one attached hydrogen (secondary N) is 1. The zero-order chi connectivity index (χ0) is 30.7. The van der Waals surface area contributed by atoms with Crippen LogP contribution in [0, 0.1) is 18.2 Å². The number of rotatable bonds is 8.